The highest BCUT2D eigenvalue weighted by Crippen LogP contribution is 2.28. The Morgan fingerprint density at radius 1 is 0.889 bits per heavy atom. The molecule has 27 heavy (non-hydrogen) atoms. The number of thiazole rings is 1. The molecule has 0 unspecified atom stereocenters. The zero-order valence-electron chi connectivity index (χ0n) is 14.9. The van der Waals surface area contributed by atoms with Gasteiger partial charge in [-0.25, -0.2) is 4.98 Å². The van der Waals surface area contributed by atoms with Gasteiger partial charge in [0.2, 0.25) is 5.13 Å². The Labute approximate surface area is 162 Å². The number of aryl methyl sites for hydroxylation is 1. The Balaban J connectivity index is 1.40. The van der Waals surface area contributed by atoms with Crippen LogP contribution in [0.5, 0.6) is 0 Å². The molecule has 0 radical (unpaired) electrons. The first kappa shape index (κ1) is 16.2. The third-order valence-electron chi connectivity index (χ3n) is 5.02. The summed E-state index contributed by atoms with van der Waals surface area (Å²) in [6, 6.07) is 23.4. The van der Waals surface area contributed by atoms with Gasteiger partial charge in [0, 0.05) is 16.5 Å². The maximum atomic E-state index is 4.73. The second-order valence-corrected chi connectivity index (χ2v) is 7.64. The van der Waals surface area contributed by atoms with Gasteiger partial charge in [-0.2, -0.15) is 5.10 Å². The maximum Gasteiger partial charge on any atom is 0.203 e. The van der Waals surface area contributed by atoms with Gasteiger partial charge in [0.1, 0.15) is 0 Å². The molecule has 1 aliphatic carbocycles. The van der Waals surface area contributed by atoms with E-state index in [2.05, 4.69) is 82.6 Å². The van der Waals surface area contributed by atoms with Crippen LogP contribution in [0.2, 0.25) is 0 Å². The predicted molar refractivity (Wildman–Crippen MR) is 115 cm³/mol. The van der Waals surface area contributed by atoms with Crippen molar-refractivity contribution in [2.75, 3.05) is 5.43 Å². The Hall–Kier alpha value is -2.98. The van der Waals surface area contributed by atoms with E-state index in [1.54, 1.807) is 11.3 Å². The van der Waals surface area contributed by atoms with Crippen molar-refractivity contribution < 1.29 is 0 Å². The first-order valence-electron chi connectivity index (χ1n) is 9.22. The molecule has 1 aliphatic rings. The molecule has 3 aromatic carbocycles. The monoisotopic (exact) mass is 369 g/mol. The van der Waals surface area contributed by atoms with Crippen LogP contribution in [0.1, 0.15) is 24.0 Å². The van der Waals surface area contributed by atoms with Crippen molar-refractivity contribution in [3.63, 3.8) is 0 Å². The van der Waals surface area contributed by atoms with Gasteiger partial charge in [0.05, 0.1) is 11.4 Å². The molecule has 1 aromatic heterocycles. The van der Waals surface area contributed by atoms with Crippen molar-refractivity contribution in [1.82, 2.24) is 4.98 Å². The van der Waals surface area contributed by atoms with Crippen LogP contribution in [0.25, 0.3) is 22.0 Å². The molecule has 3 nitrogen and oxygen atoms in total. The van der Waals surface area contributed by atoms with Crippen molar-refractivity contribution >= 4 is 33.0 Å². The molecular formula is C23H19N3S. The highest BCUT2D eigenvalue weighted by Gasteiger charge is 2.15. The molecule has 0 fully saturated rings. The van der Waals surface area contributed by atoms with E-state index in [1.165, 1.54) is 21.9 Å². The van der Waals surface area contributed by atoms with Crippen LogP contribution in [0.15, 0.2) is 77.2 Å². The lowest BCUT2D eigenvalue weighted by atomic mass is 9.90. The minimum absolute atomic E-state index is 0.828. The Kier molecular flexibility index (Phi) is 4.18. The molecule has 132 valence electrons. The molecule has 1 heterocycles. The molecule has 0 atom stereocenters. The fourth-order valence-corrected chi connectivity index (χ4v) is 4.30. The fourth-order valence-electron chi connectivity index (χ4n) is 3.64. The van der Waals surface area contributed by atoms with Crippen LogP contribution in [-0.2, 0) is 6.42 Å². The van der Waals surface area contributed by atoms with E-state index < -0.39 is 0 Å². The first-order valence-corrected chi connectivity index (χ1v) is 10.1. The van der Waals surface area contributed by atoms with Crippen molar-refractivity contribution in [2.45, 2.75) is 19.3 Å². The number of nitrogens with one attached hydrogen (secondary N) is 1. The number of hydrogen-bond donors (Lipinski definition) is 1. The average molecular weight is 369 g/mol. The van der Waals surface area contributed by atoms with Gasteiger partial charge in [-0.05, 0) is 41.7 Å². The van der Waals surface area contributed by atoms with Gasteiger partial charge >= 0.3 is 0 Å². The van der Waals surface area contributed by atoms with Crippen LogP contribution in [0, 0.1) is 0 Å². The minimum Gasteiger partial charge on any atom is -0.252 e. The number of nitrogens with zero attached hydrogens (tertiary/aromatic N) is 2. The Morgan fingerprint density at radius 2 is 1.74 bits per heavy atom. The number of fused-ring (bicyclic) bond motifs is 2. The molecule has 5 rings (SSSR count). The zero-order chi connectivity index (χ0) is 18.1. The highest BCUT2D eigenvalue weighted by atomic mass is 32.1. The van der Waals surface area contributed by atoms with E-state index in [-0.39, 0.29) is 0 Å². The smallest absolute Gasteiger partial charge is 0.203 e. The summed E-state index contributed by atoms with van der Waals surface area (Å²) in [4.78, 5) is 4.73. The lowest BCUT2D eigenvalue weighted by molar-refractivity contribution is 0.837. The molecule has 0 spiro atoms. The maximum absolute atomic E-state index is 4.73. The van der Waals surface area contributed by atoms with Crippen LogP contribution in [0.4, 0.5) is 5.13 Å². The summed E-state index contributed by atoms with van der Waals surface area (Å²) >= 11 is 1.59. The molecule has 0 aliphatic heterocycles. The van der Waals surface area contributed by atoms with Gasteiger partial charge in [-0.1, -0.05) is 60.7 Å². The molecule has 0 amide bonds. The van der Waals surface area contributed by atoms with Crippen LogP contribution in [-0.4, -0.2) is 10.7 Å². The summed E-state index contributed by atoms with van der Waals surface area (Å²) in [6.45, 7) is 0. The summed E-state index contributed by atoms with van der Waals surface area (Å²) < 4.78 is 0. The molecule has 0 saturated heterocycles. The van der Waals surface area contributed by atoms with E-state index >= 15 is 0 Å². The van der Waals surface area contributed by atoms with Crippen LogP contribution < -0.4 is 5.43 Å². The number of anilines is 1. The van der Waals surface area contributed by atoms with E-state index in [0.29, 0.717) is 0 Å². The molecule has 4 heteroatoms. The normalized spacial score (nSPS) is 15.0. The molecule has 0 bridgehead atoms. The molecule has 1 N–H and O–H groups in total. The van der Waals surface area contributed by atoms with E-state index in [0.717, 1.165) is 41.4 Å². The van der Waals surface area contributed by atoms with Gasteiger partial charge in [-0.3, -0.25) is 5.43 Å². The SMILES string of the molecule is c1ccc2c(c1)CCC/C2=N/Nc1nc(-c2ccc3ccccc3c2)cs1. The molecule has 0 saturated carbocycles. The van der Waals surface area contributed by atoms with E-state index in [1.807, 2.05) is 0 Å². The van der Waals surface area contributed by atoms with Crippen LogP contribution >= 0.6 is 11.3 Å². The average Bonchev–Trinajstić information content (AvgIpc) is 3.21. The van der Waals surface area contributed by atoms with Gasteiger partial charge in [0.25, 0.3) is 0 Å². The summed E-state index contributed by atoms with van der Waals surface area (Å²) in [6.07, 6.45) is 3.29. The lowest BCUT2D eigenvalue weighted by Crippen LogP contribution is -2.13. The third-order valence-corrected chi connectivity index (χ3v) is 5.77. The second-order valence-electron chi connectivity index (χ2n) is 6.78. The standard InChI is InChI=1S/C23H19N3S/c1-2-8-18-14-19(13-12-16(18)6-1)22-15-27-23(24-22)26-25-21-11-5-9-17-7-3-4-10-20(17)21/h1-4,6-8,10,12-15H,5,9,11H2,(H,24,26)/b25-21-. The quantitative estimate of drug-likeness (QED) is 0.442. The number of rotatable bonds is 3. The second kappa shape index (κ2) is 6.97. The van der Waals surface area contributed by atoms with Crippen LogP contribution in [0.3, 0.4) is 0 Å². The Morgan fingerprint density at radius 3 is 2.70 bits per heavy atom. The number of benzene rings is 3. The topological polar surface area (TPSA) is 37.3 Å². The van der Waals surface area contributed by atoms with Crippen molar-refractivity contribution in [3.05, 3.63) is 83.2 Å². The third kappa shape index (κ3) is 3.24. The highest BCUT2D eigenvalue weighted by molar-refractivity contribution is 7.14. The number of hydrogen-bond acceptors (Lipinski definition) is 4. The van der Waals surface area contributed by atoms with Gasteiger partial charge in [0.15, 0.2) is 0 Å². The first-order chi connectivity index (χ1) is 13.4. The van der Waals surface area contributed by atoms with Crippen molar-refractivity contribution in [2.24, 2.45) is 5.10 Å². The summed E-state index contributed by atoms with van der Waals surface area (Å²) in [7, 11) is 0. The predicted octanol–water partition coefficient (Wildman–Crippen LogP) is 6.12. The fraction of sp³-hybridized carbons (Fsp3) is 0.130. The number of aromatic nitrogens is 1. The van der Waals surface area contributed by atoms with Gasteiger partial charge < -0.3 is 0 Å². The molecular weight excluding hydrogens is 350 g/mol. The lowest BCUT2D eigenvalue weighted by Gasteiger charge is -2.17. The zero-order valence-corrected chi connectivity index (χ0v) is 15.7. The summed E-state index contributed by atoms with van der Waals surface area (Å²) in [5, 5.41) is 10.1. The minimum atomic E-state index is 0.828. The Bertz CT molecular complexity index is 1140. The van der Waals surface area contributed by atoms with Crippen molar-refractivity contribution in [3.8, 4) is 11.3 Å². The summed E-state index contributed by atoms with van der Waals surface area (Å²) in [5.74, 6) is 0. The summed E-state index contributed by atoms with van der Waals surface area (Å²) in [5.41, 5.74) is 9.07. The largest absolute Gasteiger partial charge is 0.252 e. The van der Waals surface area contributed by atoms with E-state index in [9.17, 15) is 0 Å². The molecule has 4 aromatic rings. The van der Waals surface area contributed by atoms with Gasteiger partial charge in [-0.15, -0.1) is 11.3 Å². The van der Waals surface area contributed by atoms with E-state index in [4.69, 9.17) is 4.98 Å². The van der Waals surface area contributed by atoms with Crippen molar-refractivity contribution in [1.29, 1.82) is 0 Å². The number of hydrazone groups is 1.